The molecule has 0 aromatic heterocycles. The van der Waals surface area contributed by atoms with Crippen LogP contribution in [0.25, 0.3) is 5.57 Å². The number of rotatable bonds is 10. The quantitative estimate of drug-likeness (QED) is 0.273. The molecule has 0 fully saturated rings. The van der Waals surface area contributed by atoms with E-state index in [9.17, 15) is 19.1 Å². The van der Waals surface area contributed by atoms with Crippen LogP contribution in [-0.4, -0.2) is 30.3 Å². The molecule has 178 valence electrons. The maximum Gasteiger partial charge on any atom is 0.366 e. The molecule has 1 atom stereocenters. The summed E-state index contributed by atoms with van der Waals surface area (Å²) in [7, 11) is 0. The molecule has 1 aliphatic carbocycles. The van der Waals surface area contributed by atoms with Gasteiger partial charge in [0.1, 0.15) is 17.3 Å². The molecule has 7 heteroatoms. The number of hydrogen-bond acceptors (Lipinski definition) is 6. The largest absolute Gasteiger partial charge is 0.508 e. The van der Waals surface area contributed by atoms with E-state index in [1.165, 1.54) is 24.3 Å². The molecule has 1 aliphatic rings. The highest BCUT2D eigenvalue weighted by Gasteiger charge is 2.20. The first-order chi connectivity index (χ1) is 16.3. The van der Waals surface area contributed by atoms with E-state index in [1.54, 1.807) is 0 Å². The first-order valence-corrected chi connectivity index (χ1v) is 11.0. The van der Waals surface area contributed by atoms with Gasteiger partial charge in [-0.1, -0.05) is 31.7 Å². The van der Waals surface area contributed by atoms with E-state index in [0.717, 1.165) is 23.3 Å². The first-order valence-electron chi connectivity index (χ1n) is 11.0. The second kappa shape index (κ2) is 11.8. The Hall–Kier alpha value is -3.87. The highest BCUT2D eigenvalue weighted by Crippen LogP contribution is 2.33. The van der Waals surface area contributed by atoms with Crippen LogP contribution in [0.5, 0.6) is 11.5 Å². The minimum atomic E-state index is -1.10. The van der Waals surface area contributed by atoms with Crippen LogP contribution in [0.4, 0.5) is 4.39 Å². The number of esters is 2. The molecule has 6 nitrogen and oxygen atoms in total. The third-order valence-electron chi connectivity index (χ3n) is 5.26. The van der Waals surface area contributed by atoms with Gasteiger partial charge in [-0.25, -0.2) is 9.59 Å². The van der Waals surface area contributed by atoms with Crippen molar-refractivity contribution in [3.8, 4) is 11.5 Å². The number of carbonyl (C=O) groups excluding carboxylic acids is 2. The van der Waals surface area contributed by atoms with Gasteiger partial charge in [0.15, 0.2) is 0 Å². The van der Waals surface area contributed by atoms with Crippen molar-refractivity contribution < 1.29 is 33.3 Å². The monoisotopic (exact) mass is 466 g/mol. The molecular weight excluding hydrogens is 439 g/mol. The summed E-state index contributed by atoms with van der Waals surface area (Å²) in [6, 6.07) is 13.7. The Kier molecular flexibility index (Phi) is 8.62. The van der Waals surface area contributed by atoms with Gasteiger partial charge in [-0.3, -0.25) is 0 Å². The van der Waals surface area contributed by atoms with E-state index in [4.69, 9.17) is 9.47 Å². The lowest BCUT2D eigenvalue weighted by molar-refractivity contribution is -0.140. The molecule has 0 spiro atoms. The maximum atomic E-state index is 12.5. The number of halogens is 1. The molecule has 0 radical (unpaired) electrons. The Balaban J connectivity index is 1.48. The molecule has 1 unspecified atom stereocenters. The zero-order valence-corrected chi connectivity index (χ0v) is 19.0. The smallest absolute Gasteiger partial charge is 0.366 e. The van der Waals surface area contributed by atoms with Crippen LogP contribution in [0, 0.1) is 5.92 Å². The van der Waals surface area contributed by atoms with Crippen LogP contribution in [0.1, 0.15) is 42.1 Å². The summed E-state index contributed by atoms with van der Waals surface area (Å²) in [4.78, 5) is 23.3. The van der Waals surface area contributed by atoms with Crippen LogP contribution in [0.15, 0.2) is 78.8 Å². The van der Waals surface area contributed by atoms with Crippen molar-refractivity contribution in [2.75, 3.05) is 13.2 Å². The van der Waals surface area contributed by atoms with Crippen molar-refractivity contribution in [1.29, 1.82) is 0 Å². The van der Waals surface area contributed by atoms with Gasteiger partial charge in [-0.15, -0.1) is 0 Å². The number of hydrogen-bond donors (Lipinski definition) is 1. The zero-order valence-electron chi connectivity index (χ0n) is 19.0. The van der Waals surface area contributed by atoms with Crippen molar-refractivity contribution in [2.45, 2.75) is 26.2 Å². The second-order valence-corrected chi connectivity index (χ2v) is 7.92. The average molecular weight is 467 g/mol. The molecule has 2 aromatic carbocycles. The van der Waals surface area contributed by atoms with Gasteiger partial charge in [-0.2, -0.15) is 4.39 Å². The molecule has 0 amide bonds. The van der Waals surface area contributed by atoms with Crippen molar-refractivity contribution in [1.82, 2.24) is 0 Å². The van der Waals surface area contributed by atoms with Gasteiger partial charge in [0.2, 0.25) is 5.83 Å². The van der Waals surface area contributed by atoms with Crippen LogP contribution in [0.3, 0.4) is 0 Å². The van der Waals surface area contributed by atoms with E-state index in [2.05, 4.69) is 11.3 Å². The lowest BCUT2D eigenvalue weighted by Crippen LogP contribution is -2.13. The summed E-state index contributed by atoms with van der Waals surface area (Å²) in [5.41, 5.74) is 2.56. The summed E-state index contributed by atoms with van der Waals surface area (Å²) in [6.45, 7) is 5.46. The predicted octanol–water partition coefficient (Wildman–Crippen LogP) is 5.74. The summed E-state index contributed by atoms with van der Waals surface area (Å²) >= 11 is 0. The summed E-state index contributed by atoms with van der Waals surface area (Å²) < 4.78 is 28.4. The fourth-order valence-electron chi connectivity index (χ4n) is 3.36. The van der Waals surface area contributed by atoms with Gasteiger partial charge >= 0.3 is 11.9 Å². The van der Waals surface area contributed by atoms with E-state index in [0.29, 0.717) is 30.8 Å². The summed E-state index contributed by atoms with van der Waals surface area (Å²) in [6.07, 6.45) is 5.71. The van der Waals surface area contributed by atoms with Crippen LogP contribution < -0.4 is 4.74 Å². The topological polar surface area (TPSA) is 82.1 Å². The number of phenolic OH excluding ortho intramolecular Hbond substituents is 1. The number of unbranched alkanes of at least 4 members (excludes halogenated alkanes) is 1. The van der Waals surface area contributed by atoms with Gasteiger partial charge in [0.05, 0.1) is 18.8 Å². The normalized spacial score (nSPS) is 15.1. The SMILES string of the molecule is C=C(F)C(=O)OCCCCOc1ccc(C2=CC=C(OC(=O)c3ccc(O)cc3)C(C)C2)cc1. The molecule has 0 saturated carbocycles. The number of allylic oxidation sites excluding steroid dienone is 4. The van der Waals surface area contributed by atoms with Gasteiger partial charge in [0, 0.05) is 5.92 Å². The van der Waals surface area contributed by atoms with E-state index >= 15 is 0 Å². The van der Waals surface area contributed by atoms with Crippen molar-refractivity contribution in [3.05, 3.63) is 90.0 Å². The molecule has 0 heterocycles. The number of ether oxygens (including phenoxy) is 3. The average Bonchev–Trinajstić information content (AvgIpc) is 2.83. The fraction of sp³-hybridized carbons (Fsp3) is 0.259. The van der Waals surface area contributed by atoms with E-state index in [1.807, 2.05) is 43.3 Å². The predicted molar refractivity (Wildman–Crippen MR) is 126 cm³/mol. The van der Waals surface area contributed by atoms with Gasteiger partial charge in [0.25, 0.3) is 0 Å². The Morgan fingerprint density at radius 1 is 1.03 bits per heavy atom. The molecule has 0 aliphatic heterocycles. The Labute approximate surface area is 198 Å². The number of aromatic hydroxyl groups is 1. The van der Waals surface area contributed by atoms with Crippen LogP contribution in [0.2, 0.25) is 0 Å². The third kappa shape index (κ3) is 7.07. The lowest BCUT2D eigenvalue weighted by atomic mass is 9.90. The molecule has 2 aromatic rings. The van der Waals surface area contributed by atoms with Crippen molar-refractivity contribution in [2.24, 2.45) is 5.92 Å². The first kappa shape index (κ1) is 24.8. The number of benzene rings is 2. The maximum absolute atomic E-state index is 12.5. The molecule has 1 N–H and O–H groups in total. The summed E-state index contributed by atoms with van der Waals surface area (Å²) in [5, 5.41) is 9.36. The molecular formula is C27H27FO6. The highest BCUT2D eigenvalue weighted by atomic mass is 19.1. The fourth-order valence-corrected chi connectivity index (χ4v) is 3.36. The van der Waals surface area contributed by atoms with Crippen molar-refractivity contribution >= 4 is 17.5 Å². The minimum Gasteiger partial charge on any atom is -0.508 e. The third-order valence-corrected chi connectivity index (χ3v) is 5.26. The Morgan fingerprint density at radius 3 is 2.35 bits per heavy atom. The Morgan fingerprint density at radius 2 is 1.71 bits per heavy atom. The van der Waals surface area contributed by atoms with E-state index in [-0.39, 0.29) is 18.3 Å². The van der Waals surface area contributed by atoms with Gasteiger partial charge < -0.3 is 19.3 Å². The molecule has 0 saturated heterocycles. The van der Waals surface area contributed by atoms with Gasteiger partial charge in [-0.05, 0) is 72.9 Å². The zero-order chi connectivity index (χ0) is 24.5. The molecule has 34 heavy (non-hydrogen) atoms. The van der Waals surface area contributed by atoms with Crippen LogP contribution in [-0.2, 0) is 14.3 Å². The Bertz CT molecular complexity index is 1080. The molecule has 3 rings (SSSR count). The lowest BCUT2D eigenvalue weighted by Gasteiger charge is -2.21. The highest BCUT2D eigenvalue weighted by molar-refractivity contribution is 5.90. The van der Waals surface area contributed by atoms with E-state index < -0.39 is 17.8 Å². The number of carbonyl (C=O) groups is 2. The summed E-state index contributed by atoms with van der Waals surface area (Å²) in [5.74, 6) is -1.14. The minimum absolute atomic E-state index is 0.0284. The molecule has 0 bridgehead atoms. The van der Waals surface area contributed by atoms with Crippen molar-refractivity contribution in [3.63, 3.8) is 0 Å². The number of phenols is 1. The second-order valence-electron chi connectivity index (χ2n) is 7.92. The van der Waals surface area contributed by atoms with Crippen LogP contribution >= 0.6 is 0 Å². The standard InChI is InChI=1S/C27H27FO6/c1-18-17-22(9-14-25(18)34-27(31)21-5-10-23(29)11-6-21)20-7-12-24(13-8-20)32-15-3-4-16-33-26(30)19(2)28/h5-14,18,29H,2-4,15-17H2,1H3.